The number of anilines is 1. The highest BCUT2D eigenvalue weighted by Gasteiger charge is 2.23. The van der Waals surface area contributed by atoms with Gasteiger partial charge in [0.2, 0.25) is 5.95 Å². The molecule has 24 heavy (non-hydrogen) atoms. The van der Waals surface area contributed by atoms with Crippen LogP contribution in [0.3, 0.4) is 0 Å². The van der Waals surface area contributed by atoms with Gasteiger partial charge in [-0.1, -0.05) is 0 Å². The maximum atomic E-state index is 12.9. The number of nitrogen functional groups attached to an aromatic ring is 1. The summed E-state index contributed by atoms with van der Waals surface area (Å²) in [5.74, 6) is 0.249. The normalized spacial score (nSPS) is 13.8. The minimum atomic E-state index is 0.00277. The lowest BCUT2D eigenvalue weighted by molar-refractivity contribution is 0.0732. The maximum Gasteiger partial charge on any atom is 0.254 e. The predicted molar refractivity (Wildman–Crippen MR) is 91.4 cm³/mol. The number of amides is 1. The van der Waals surface area contributed by atoms with Crippen LogP contribution in [0.25, 0.3) is 10.9 Å². The van der Waals surface area contributed by atoms with E-state index in [0.29, 0.717) is 18.7 Å². The van der Waals surface area contributed by atoms with Crippen molar-refractivity contribution in [3.8, 4) is 0 Å². The van der Waals surface area contributed by atoms with Crippen LogP contribution in [0.15, 0.2) is 36.7 Å². The number of nitrogens with zero attached hydrogens (tertiary/aromatic N) is 4. The number of hydrogen-bond acceptors (Lipinski definition) is 5. The van der Waals surface area contributed by atoms with Crippen molar-refractivity contribution in [3.05, 3.63) is 59.0 Å². The standard InChI is InChI=1S/C18H17N5O/c1-11-4-6-20-15-3-2-12(8-14(11)15)17(24)23-7-5-13-9-21-18(19)22-16(13)10-23/h2-4,6,8-9H,5,7,10H2,1H3,(H2,19,21,22). The van der Waals surface area contributed by atoms with Gasteiger partial charge in [0.15, 0.2) is 0 Å². The lowest BCUT2D eigenvalue weighted by atomic mass is 10.0. The van der Waals surface area contributed by atoms with Crippen LogP contribution in [0.4, 0.5) is 5.95 Å². The summed E-state index contributed by atoms with van der Waals surface area (Å²) >= 11 is 0. The van der Waals surface area contributed by atoms with Crippen molar-refractivity contribution in [3.63, 3.8) is 0 Å². The number of pyridine rings is 1. The molecule has 6 nitrogen and oxygen atoms in total. The van der Waals surface area contributed by atoms with Crippen molar-refractivity contribution in [2.45, 2.75) is 19.9 Å². The van der Waals surface area contributed by atoms with Crippen LogP contribution in [0.5, 0.6) is 0 Å². The molecule has 0 atom stereocenters. The van der Waals surface area contributed by atoms with Crippen LogP contribution >= 0.6 is 0 Å². The van der Waals surface area contributed by atoms with Crippen molar-refractivity contribution in [1.29, 1.82) is 0 Å². The molecule has 3 aromatic rings. The van der Waals surface area contributed by atoms with Crippen molar-refractivity contribution < 1.29 is 4.79 Å². The molecular formula is C18H17N5O. The van der Waals surface area contributed by atoms with E-state index in [1.54, 1.807) is 12.4 Å². The first-order valence-electron chi connectivity index (χ1n) is 7.87. The fraction of sp³-hybridized carbons (Fsp3) is 0.222. The van der Waals surface area contributed by atoms with Gasteiger partial charge in [-0.3, -0.25) is 9.78 Å². The Kier molecular flexibility index (Phi) is 3.37. The van der Waals surface area contributed by atoms with E-state index >= 15 is 0 Å². The molecule has 1 aliphatic rings. The van der Waals surface area contributed by atoms with E-state index < -0.39 is 0 Å². The number of carbonyl (C=O) groups excluding carboxylic acids is 1. The van der Waals surface area contributed by atoms with Gasteiger partial charge in [-0.2, -0.15) is 0 Å². The summed E-state index contributed by atoms with van der Waals surface area (Å²) in [7, 11) is 0. The molecule has 0 saturated heterocycles. The van der Waals surface area contributed by atoms with E-state index in [2.05, 4.69) is 15.0 Å². The highest BCUT2D eigenvalue weighted by molar-refractivity contribution is 5.98. The van der Waals surface area contributed by atoms with Crippen molar-refractivity contribution in [2.75, 3.05) is 12.3 Å². The quantitative estimate of drug-likeness (QED) is 0.742. The fourth-order valence-corrected chi connectivity index (χ4v) is 3.09. The molecule has 0 unspecified atom stereocenters. The lowest BCUT2D eigenvalue weighted by Crippen LogP contribution is -2.36. The van der Waals surface area contributed by atoms with Gasteiger partial charge in [0.25, 0.3) is 5.91 Å². The molecule has 0 spiro atoms. The molecule has 3 heterocycles. The van der Waals surface area contributed by atoms with Crippen LogP contribution in [-0.2, 0) is 13.0 Å². The molecule has 1 aliphatic heterocycles. The van der Waals surface area contributed by atoms with E-state index in [-0.39, 0.29) is 11.9 Å². The second kappa shape index (κ2) is 5.56. The molecule has 0 radical (unpaired) electrons. The molecule has 0 aliphatic carbocycles. The van der Waals surface area contributed by atoms with Gasteiger partial charge in [0.1, 0.15) is 0 Å². The predicted octanol–water partition coefficient (Wildman–Crippen LogP) is 2.11. The third-order valence-electron chi connectivity index (χ3n) is 4.46. The smallest absolute Gasteiger partial charge is 0.254 e. The third kappa shape index (κ3) is 2.46. The number of rotatable bonds is 1. The summed E-state index contributed by atoms with van der Waals surface area (Å²) in [6.07, 6.45) is 4.28. The maximum absolute atomic E-state index is 12.9. The fourth-order valence-electron chi connectivity index (χ4n) is 3.09. The number of nitrogens with two attached hydrogens (primary N) is 1. The number of aromatic nitrogens is 3. The molecule has 0 bridgehead atoms. The van der Waals surface area contributed by atoms with E-state index in [4.69, 9.17) is 5.73 Å². The van der Waals surface area contributed by atoms with E-state index in [1.807, 2.05) is 36.1 Å². The molecule has 6 heteroatoms. The molecule has 2 aromatic heterocycles. The van der Waals surface area contributed by atoms with Gasteiger partial charge in [-0.25, -0.2) is 9.97 Å². The average Bonchev–Trinajstić information content (AvgIpc) is 2.60. The molecule has 0 saturated carbocycles. The monoisotopic (exact) mass is 319 g/mol. The molecule has 120 valence electrons. The Labute approximate surface area is 139 Å². The average molecular weight is 319 g/mol. The van der Waals surface area contributed by atoms with Gasteiger partial charge in [-0.05, 0) is 48.7 Å². The van der Waals surface area contributed by atoms with Gasteiger partial charge in [0, 0.05) is 29.9 Å². The summed E-state index contributed by atoms with van der Waals surface area (Å²) in [5.41, 5.74) is 10.2. The molecule has 1 amide bonds. The highest BCUT2D eigenvalue weighted by atomic mass is 16.2. The van der Waals surface area contributed by atoms with Crippen LogP contribution in [-0.4, -0.2) is 32.3 Å². The minimum absolute atomic E-state index is 0.00277. The van der Waals surface area contributed by atoms with Gasteiger partial charge in [0.05, 0.1) is 17.8 Å². The third-order valence-corrected chi connectivity index (χ3v) is 4.46. The lowest BCUT2D eigenvalue weighted by Gasteiger charge is -2.28. The van der Waals surface area contributed by atoms with Gasteiger partial charge >= 0.3 is 0 Å². The van der Waals surface area contributed by atoms with Crippen LogP contribution in [0, 0.1) is 6.92 Å². The molecule has 1 aromatic carbocycles. The largest absolute Gasteiger partial charge is 0.368 e. The second-order valence-corrected chi connectivity index (χ2v) is 6.04. The van der Waals surface area contributed by atoms with E-state index in [9.17, 15) is 4.79 Å². The van der Waals surface area contributed by atoms with E-state index in [0.717, 1.165) is 34.1 Å². The Bertz CT molecular complexity index is 953. The van der Waals surface area contributed by atoms with Gasteiger partial charge in [-0.15, -0.1) is 0 Å². The number of hydrogen-bond donors (Lipinski definition) is 1. The van der Waals surface area contributed by atoms with Crippen molar-refractivity contribution in [2.24, 2.45) is 0 Å². The van der Waals surface area contributed by atoms with E-state index in [1.165, 1.54) is 0 Å². The Morgan fingerprint density at radius 3 is 3.00 bits per heavy atom. The second-order valence-electron chi connectivity index (χ2n) is 6.04. The Morgan fingerprint density at radius 1 is 1.25 bits per heavy atom. The number of fused-ring (bicyclic) bond motifs is 2. The summed E-state index contributed by atoms with van der Waals surface area (Å²) < 4.78 is 0. The van der Waals surface area contributed by atoms with Crippen LogP contribution in [0.2, 0.25) is 0 Å². The topological polar surface area (TPSA) is 85.0 Å². The molecule has 0 fully saturated rings. The Morgan fingerprint density at radius 2 is 2.12 bits per heavy atom. The number of aryl methyl sites for hydroxylation is 1. The van der Waals surface area contributed by atoms with Crippen molar-refractivity contribution in [1.82, 2.24) is 19.9 Å². The van der Waals surface area contributed by atoms with Crippen molar-refractivity contribution >= 4 is 22.8 Å². The minimum Gasteiger partial charge on any atom is -0.368 e. The number of carbonyl (C=O) groups is 1. The first-order chi connectivity index (χ1) is 11.6. The summed E-state index contributed by atoms with van der Waals surface area (Å²) in [6.45, 7) is 3.14. The zero-order chi connectivity index (χ0) is 16.7. The Balaban J connectivity index is 1.66. The van der Waals surface area contributed by atoms with Crippen LogP contribution < -0.4 is 5.73 Å². The number of benzene rings is 1. The first-order valence-corrected chi connectivity index (χ1v) is 7.87. The zero-order valence-electron chi connectivity index (χ0n) is 13.4. The highest BCUT2D eigenvalue weighted by Crippen LogP contribution is 2.22. The summed E-state index contributed by atoms with van der Waals surface area (Å²) in [6, 6.07) is 7.60. The molecule has 4 rings (SSSR count). The van der Waals surface area contributed by atoms with Gasteiger partial charge < -0.3 is 10.6 Å². The van der Waals surface area contributed by atoms with Crippen LogP contribution in [0.1, 0.15) is 27.2 Å². The molecular weight excluding hydrogens is 302 g/mol. The molecule has 2 N–H and O–H groups in total. The Hall–Kier alpha value is -3.02. The SMILES string of the molecule is Cc1ccnc2ccc(C(=O)N3CCc4cnc(N)nc4C3)cc12. The first kappa shape index (κ1) is 14.6. The zero-order valence-corrected chi connectivity index (χ0v) is 13.4. The summed E-state index contributed by atoms with van der Waals surface area (Å²) in [4.78, 5) is 27.3. The summed E-state index contributed by atoms with van der Waals surface area (Å²) in [5, 5.41) is 1.01.